The zero-order chi connectivity index (χ0) is 15.9. The second kappa shape index (κ2) is 7.91. The van der Waals surface area contributed by atoms with E-state index in [1.54, 1.807) is 18.4 Å². The van der Waals surface area contributed by atoms with Crippen LogP contribution in [0.25, 0.3) is 0 Å². The third-order valence-electron chi connectivity index (χ3n) is 3.16. The molecule has 1 heterocycles. The first kappa shape index (κ1) is 16.5. The SMILES string of the molecule is COc1ccc(C)cc1NC(=O)Cc1csc(CCCN)n1. The molecule has 22 heavy (non-hydrogen) atoms. The summed E-state index contributed by atoms with van der Waals surface area (Å²) in [5.74, 6) is 0.556. The summed E-state index contributed by atoms with van der Waals surface area (Å²) in [7, 11) is 1.59. The van der Waals surface area contributed by atoms with E-state index in [0.717, 1.165) is 29.1 Å². The molecule has 0 radical (unpaired) electrons. The van der Waals surface area contributed by atoms with Crippen LogP contribution in [0.1, 0.15) is 22.7 Å². The molecule has 118 valence electrons. The summed E-state index contributed by atoms with van der Waals surface area (Å²) in [5.41, 5.74) is 8.03. The lowest BCUT2D eigenvalue weighted by Gasteiger charge is -2.10. The molecular formula is C16H21N3O2S. The number of carbonyl (C=O) groups excluding carboxylic acids is 1. The molecule has 1 aromatic carbocycles. The van der Waals surface area contributed by atoms with Gasteiger partial charge in [-0.2, -0.15) is 0 Å². The molecule has 0 aliphatic carbocycles. The largest absolute Gasteiger partial charge is 0.495 e. The Kier molecular flexibility index (Phi) is 5.91. The number of nitrogens with zero attached hydrogens (tertiary/aromatic N) is 1. The van der Waals surface area contributed by atoms with Gasteiger partial charge in [0.25, 0.3) is 0 Å². The maximum absolute atomic E-state index is 12.2. The average Bonchev–Trinajstić information content (AvgIpc) is 2.92. The molecule has 6 heteroatoms. The smallest absolute Gasteiger partial charge is 0.230 e. The summed E-state index contributed by atoms with van der Waals surface area (Å²) in [6.07, 6.45) is 2.05. The number of benzene rings is 1. The van der Waals surface area contributed by atoms with Gasteiger partial charge in [0.15, 0.2) is 0 Å². The lowest BCUT2D eigenvalue weighted by molar-refractivity contribution is -0.115. The minimum absolute atomic E-state index is 0.0976. The van der Waals surface area contributed by atoms with Crippen LogP contribution in [0.15, 0.2) is 23.6 Å². The molecule has 1 aromatic heterocycles. The van der Waals surface area contributed by atoms with Gasteiger partial charge in [-0.1, -0.05) is 6.07 Å². The maximum atomic E-state index is 12.2. The Morgan fingerprint density at radius 3 is 3.00 bits per heavy atom. The van der Waals surface area contributed by atoms with E-state index in [-0.39, 0.29) is 12.3 Å². The molecule has 2 rings (SSSR count). The quantitative estimate of drug-likeness (QED) is 0.822. The first-order chi connectivity index (χ1) is 10.6. The molecule has 0 fully saturated rings. The van der Waals surface area contributed by atoms with Crippen molar-refractivity contribution in [3.8, 4) is 5.75 Å². The van der Waals surface area contributed by atoms with Crippen LogP contribution >= 0.6 is 11.3 Å². The molecule has 0 saturated heterocycles. The van der Waals surface area contributed by atoms with E-state index in [1.165, 1.54) is 0 Å². The minimum atomic E-state index is -0.0976. The van der Waals surface area contributed by atoms with Crippen LogP contribution < -0.4 is 15.8 Å². The lowest BCUT2D eigenvalue weighted by Crippen LogP contribution is -2.15. The number of amides is 1. The number of carbonyl (C=O) groups is 1. The van der Waals surface area contributed by atoms with Gasteiger partial charge in [-0.15, -0.1) is 11.3 Å². The van der Waals surface area contributed by atoms with Crippen LogP contribution in [0, 0.1) is 6.92 Å². The Hall–Kier alpha value is -1.92. The summed E-state index contributed by atoms with van der Waals surface area (Å²) in [6.45, 7) is 2.63. The van der Waals surface area contributed by atoms with Crippen molar-refractivity contribution < 1.29 is 9.53 Å². The number of rotatable bonds is 7. The number of aromatic nitrogens is 1. The molecule has 0 aliphatic heterocycles. The molecule has 2 aromatic rings. The van der Waals surface area contributed by atoms with Crippen molar-refractivity contribution in [1.82, 2.24) is 4.98 Å². The first-order valence-electron chi connectivity index (χ1n) is 7.20. The highest BCUT2D eigenvalue weighted by Crippen LogP contribution is 2.25. The van der Waals surface area contributed by atoms with Gasteiger partial charge in [-0.3, -0.25) is 4.79 Å². The van der Waals surface area contributed by atoms with E-state index in [4.69, 9.17) is 10.5 Å². The van der Waals surface area contributed by atoms with Crippen LogP contribution in [-0.4, -0.2) is 24.5 Å². The van der Waals surface area contributed by atoms with Gasteiger partial charge in [-0.25, -0.2) is 4.98 Å². The number of methoxy groups -OCH3 is 1. The van der Waals surface area contributed by atoms with E-state index in [1.807, 2.05) is 30.5 Å². The van der Waals surface area contributed by atoms with Crippen molar-refractivity contribution in [2.45, 2.75) is 26.2 Å². The van der Waals surface area contributed by atoms with Gasteiger partial charge in [0.05, 0.1) is 29.9 Å². The number of ether oxygens (including phenoxy) is 1. The molecule has 0 saturated carbocycles. The standard InChI is InChI=1S/C16H21N3O2S/c1-11-5-6-14(21-2)13(8-11)19-15(20)9-12-10-22-16(18-12)4-3-7-17/h5-6,8,10H,3-4,7,9,17H2,1-2H3,(H,19,20). The Bertz CT molecular complexity index is 640. The fourth-order valence-corrected chi connectivity index (χ4v) is 2.92. The molecule has 0 bridgehead atoms. The second-order valence-corrected chi connectivity index (χ2v) is 6.00. The Labute approximate surface area is 134 Å². The van der Waals surface area contributed by atoms with Crippen LogP contribution in [0.4, 0.5) is 5.69 Å². The highest BCUT2D eigenvalue weighted by Gasteiger charge is 2.11. The third kappa shape index (κ3) is 4.54. The van der Waals surface area contributed by atoms with Crippen LogP contribution in [-0.2, 0) is 17.6 Å². The molecular weight excluding hydrogens is 298 g/mol. The fraction of sp³-hybridized carbons (Fsp3) is 0.375. The fourth-order valence-electron chi connectivity index (χ4n) is 2.08. The van der Waals surface area contributed by atoms with E-state index in [9.17, 15) is 4.79 Å². The number of thiazole rings is 1. The van der Waals surface area contributed by atoms with Crippen molar-refractivity contribution in [2.75, 3.05) is 19.0 Å². The molecule has 1 amide bonds. The second-order valence-electron chi connectivity index (χ2n) is 5.05. The maximum Gasteiger partial charge on any atom is 0.230 e. The normalized spacial score (nSPS) is 10.5. The molecule has 0 spiro atoms. The molecule has 5 nitrogen and oxygen atoms in total. The summed E-state index contributed by atoms with van der Waals surface area (Å²) in [5, 5.41) is 5.84. The minimum Gasteiger partial charge on any atom is -0.495 e. The van der Waals surface area contributed by atoms with Crippen LogP contribution in [0.3, 0.4) is 0 Å². The van der Waals surface area contributed by atoms with Crippen molar-refractivity contribution in [3.63, 3.8) is 0 Å². The van der Waals surface area contributed by atoms with Gasteiger partial charge in [-0.05, 0) is 37.6 Å². The Balaban J connectivity index is 1.98. The average molecular weight is 319 g/mol. The molecule has 0 unspecified atom stereocenters. The van der Waals surface area contributed by atoms with E-state index < -0.39 is 0 Å². The number of nitrogens with one attached hydrogen (secondary N) is 1. The predicted octanol–water partition coefficient (Wildman–Crippen LogP) is 2.53. The zero-order valence-corrected chi connectivity index (χ0v) is 13.7. The number of aryl methyl sites for hydroxylation is 2. The lowest BCUT2D eigenvalue weighted by atomic mass is 10.2. The molecule has 0 atom stereocenters. The van der Waals surface area contributed by atoms with Gasteiger partial charge in [0.1, 0.15) is 5.75 Å². The van der Waals surface area contributed by atoms with Crippen LogP contribution in [0.2, 0.25) is 0 Å². The first-order valence-corrected chi connectivity index (χ1v) is 8.08. The number of hydrogen-bond acceptors (Lipinski definition) is 5. The van der Waals surface area contributed by atoms with Gasteiger partial charge >= 0.3 is 0 Å². The van der Waals surface area contributed by atoms with Crippen molar-refractivity contribution in [2.24, 2.45) is 5.73 Å². The topological polar surface area (TPSA) is 77.2 Å². The highest BCUT2D eigenvalue weighted by atomic mass is 32.1. The number of nitrogens with two attached hydrogens (primary N) is 1. The predicted molar refractivity (Wildman–Crippen MR) is 89.6 cm³/mol. The molecule has 3 N–H and O–H groups in total. The summed E-state index contributed by atoms with van der Waals surface area (Å²) in [4.78, 5) is 16.6. The highest BCUT2D eigenvalue weighted by molar-refractivity contribution is 7.09. The Morgan fingerprint density at radius 1 is 1.45 bits per heavy atom. The van der Waals surface area contributed by atoms with Crippen molar-refractivity contribution in [1.29, 1.82) is 0 Å². The summed E-state index contributed by atoms with van der Waals surface area (Å²) < 4.78 is 5.26. The van der Waals surface area contributed by atoms with Gasteiger partial charge in [0.2, 0.25) is 5.91 Å². The van der Waals surface area contributed by atoms with Crippen LogP contribution in [0.5, 0.6) is 5.75 Å². The third-order valence-corrected chi connectivity index (χ3v) is 4.12. The Morgan fingerprint density at radius 2 is 2.27 bits per heavy atom. The summed E-state index contributed by atoms with van der Waals surface area (Å²) >= 11 is 1.58. The van der Waals surface area contributed by atoms with Gasteiger partial charge in [0, 0.05) is 11.8 Å². The van der Waals surface area contributed by atoms with E-state index in [2.05, 4.69) is 10.3 Å². The molecule has 0 aliphatic rings. The van der Waals surface area contributed by atoms with E-state index >= 15 is 0 Å². The number of hydrogen-bond donors (Lipinski definition) is 2. The summed E-state index contributed by atoms with van der Waals surface area (Å²) in [6, 6.07) is 5.68. The van der Waals surface area contributed by atoms with Gasteiger partial charge < -0.3 is 15.8 Å². The van der Waals surface area contributed by atoms with Crippen molar-refractivity contribution >= 4 is 22.9 Å². The number of anilines is 1. The monoisotopic (exact) mass is 319 g/mol. The van der Waals surface area contributed by atoms with Crippen molar-refractivity contribution in [3.05, 3.63) is 39.8 Å². The zero-order valence-electron chi connectivity index (χ0n) is 12.9. The van der Waals surface area contributed by atoms with E-state index in [0.29, 0.717) is 18.0 Å².